The lowest BCUT2D eigenvalue weighted by atomic mass is 9.92. The van der Waals surface area contributed by atoms with Crippen LogP contribution >= 0.6 is 11.6 Å². The molecule has 0 spiro atoms. The highest BCUT2D eigenvalue weighted by atomic mass is 35.5. The zero-order valence-electron chi connectivity index (χ0n) is 13.5. The van der Waals surface area contributed by atoms with Gasteiger partial charge >= 0.3 is 0 Å². The van der Waals surface area contributed by atoms with Gasteiger partial charge in [0.1, 0.15) is 0 Å². The molecule has 2 aliphatic rings. The van der Waals surface area contributed by atoms with Gasteiger partial charge in [0.2, 0.25) is 5.91 Å². The molecule has 1 fully saturated rings. The molecular formula is C19H19ClN2O2. The average Bonchev–Trinajstić information content (AvgIpc) is 2.91. The van der Waals surface area contributed by atoms with Crippen LogP contribution in [0.15, 0.2) is 48.5 Å². The SMILES string of the molecule is CC[C@@H]1CN2CC(=O)Nc3ccc(Cl)cc3[C@@]2(c2ccccc2)O1. The third kappa shape index (κ3) is 2.34. The summed E-state index contributed by atoms with van der Waals surface area (Å²) in [7, 11) is 0. The van der Waals surface area contributed by atoms with E-state index in [1.807, 2.05) is 42.5 Å². The van der Waals surface area contributed by atoms with Gasteiger partial charge in [-0.15, -0.1) is 0 Å². The molecule has 0 radical (unpaired) electrons. The van der Waals surface area contributed by atoms with Crippen LogP contribution < -0.4 is 5.32 Å². The van der Waals surface area contributed by atoms with Crippen molar-refractivity contribution in [1.82, 2.24) is 4.90 Å². The highest BCUT2D eigenvalue weighted by Gasteiger charge is 2.52. The minimum absolute atomic E-state index is 0.0308. The lowest BCUT2D eigenvalue weighted by molar-refractivity contribution is -0.122. The molecule has 1 saturated heterocycles. The molecule has 5 heteroatoms. The van der Waals surface area contributed by atoms with Gasteiger partial charge in [0, 0.05) is 28.4 Å². The fourth-order valence-electron chi connectivity index (χ4n) is 3.69. The number of anilines is 1. The molecule has 1 N–H and O–H groups in total. The summed E-state index contributed by atoms with van der Waals surface area (Å²) in [5, 5.41) is 3.61. The summed E-state index contributed by atoms with van der Waals surface area (Å²) in [5.74, 6) is -0.0308. The lowest BCUT2D eigenvalue weighted by Gasteiger charge is -2.36. The van der Waals surface area contributed by atoms with Crippen LogP contribution in [0.2, 0.25) is 5.02 Å². The molecule has 4 rings (SSSR count). The van der Waals surface area contributed by atoms with Crippen molar-refractivity contribution >= 4 is 23.2 Å². The first kappa shape index (κ1) is 15.6. The molecule has 1 amide bonds. The minimum Gasteiger partial charge on any atom is -0.347 e. The fourth-order valence-corrected chi connectivity index (χ4v) is 3.86. The van der Waals surface area contributed by atoms with Crippen molar-refractivity contribution in [2.24, 2.45) is 0 Å². The zero-order valence-corrected chi connectivity index (χ0v) is 14.2. The number of amides is 1. The monoisotopic (exact) mass is 342 g/mol. The quantitative estimate of drug-likeness (QED) is 0.906. The molecule has 124 valence electrons. The second kappa shape index (κ2) is 5.88. The summed E-state index contributed by atoms with van der Waals surface area (Å²) < 4.78 is 6.57. The van der Waals surface area contributed by atoms with Crippen LogP contribution in [0.25, 0.3) is 0 Å². The van der Waals surface area contributed by atoms with Crippen LogP contribution in [-0.2, 0) is 15.3 Å². The third-order valence-electron chi connectivity index (χ3n) is 4.78. The fraction of sp³-hybridized carbons (Fsp3) is 0.316. The zero-order chi connectivity index (χ0) is 16.7. The Hall–Kier alpha value is -1.88. The Labute approximate surface area is 146 Å². The van der Waals surface area contributed by atoms with Crippen molar-refractivity contribution in [3.05, 3.63) is 64.7 Å². The number of carbonyl (C=O) groups is 1. The molecule has 0 bridgehead atoms. The number of fused-ring (bicyclic) bond motifs is 3. The normalized spacial score (nSPS) is 26.4. The van der Waals surface area contributed by atoms with E-state index in [0.29, 0.717) is 11.6 Å². The van der Waals surface area contributed by atoms with Crippen LogP contribution in [0.3, 0.4) is 0 Å². The highest BCUT2D eigenvalue weighted by molar-refractivity contribution is 6.30. The molecule has 4 nitrogen and oxygen atoms in total. The van der Waals surface area contributed by atoms with E-state index in [1.54, 1.807) is 6.07 Å². The Bertz CT molecular complexity index is 780. The number of ether oxygens (including phenoxy) is 1. The van der Waals surface area contributed by atoms with E-state index in [0.717, 1.165) is 23.2 Å². The Balaban J connectivity index is 2.00. The number of rotatable bonds is 2. The van der Waals surface area contributed by atoms with Gasteiger partial charge in [-0.1, -0.05) is 48.9 Å². The molecule has 0 aliphatic carbocycles. The Morgan fingerprint density at radius 3 is 2.83 bits per heavy atom. The molecule has 2 atom stereocenters. The number of hydrogen-bond acceptors (Lipinski definition) is 3. The van der Waals surface area contributed by atoms with Crippen molar-refractivity contribution in [1.29, 1.82) is 0 Å². The molecule has 0 unspecified atom stereocenters. The average molecular weight is 343 g/mol. The van der Waals surface area contributed by atoms with Gasteiger partial charge in [0.25, 0.3) is 0 Å². The molecule has 2 heterocycles. The standard InChI is InChI=1S/C19H19ClN2O2/c1-2-15-11-22-12-18(23)21-17-9-8-14(20)10-16(17)19(22,24-15)13-6-4-3-5-7-13/h3-10,15H,2,11-12H2,1H3,(H,21,23)/t15-,19-/m1/s1. The summed E-state index contributed by atoms with van der Waals surface area (Å²) in [6, 6.07) is 15.6. The third-order valence-corrected chi connectivity index (χ3v) is 5.02. The van der Waals surface area contributed by atoms with Crippen molar-refractivity contribution in [2.45, 2.75) is 25.2 Å². The van der Waals surface area contributed by atoms with E-state index in [1.165, 1.54) is 0 Å². The Morgan fingerprint density at radius 1 is 1.29 bits per heavy atom. The smallest absolute Gasteiger partial charge is 0.238 e. The first-order valence-corrected chi connectivity index (χ1v) is 8.59. The summed E-state index contributed by atoms with van der Waals surface area (Å²) in [4.78, 5) is 14.5. The van der Waals surface area contributed by atoms with Crippen LogP contribution in [0.5, 0.6) is 0 Å². The van der Waals surface area contributed by atoms with Crippen molar-refractivity contribution < 1.29 is 9.53 Å². The van der Waals surface area contributed by atoms with Gasteiger partial charge in [-0.3, -0.25) is 9.69 Å². The van der Waals surface area contributed by atoms with Crippen molar-refractivity contribution in [2.75, 3.05) is 18.4 Å². The number of carbonyl (C=O) groups excluding carboxylic acids is 1. The van der Waals surface area contributed by atoms with Crippen LogP contribution in [0, 0.1) is 0 Å². The van der Waals surface area contributed by atoms with Gasteiger partial charge in [0.15, 0.2) is 5.72 Å². The predicted molar refractivity (Wildman–Crippen MR) is 94.0 cm³/mol. The molecule has 2 aromatic rings. The van der Waals surface area contributed by atoms with E-state index in [9.17, 15) is 4.79 Å². The molecule has 0 aromatic heterocycles. The second-order valence-corrected chi connectivity index (χ2v) is 6.71. The first-order valence-electron chi connectivity index (χ1n) is 8.21. The van der Waals surface area contributed by atoms with E-state index < -0.39 is 5.72 Å². The number of nitrogens with zero attached hydrogens (tertiary/aromatic N) is 1. The van der Waals surface area contributed by atoms with Gasteiger partial charge in [0.05, 0.1) is 12.6 Å². The summed E-state index contributed by atoms with van der Waals surface area (Å²) in [5.41, 5.74) is 1.87. The van der Waals surface area contributed by atoms with Gasteiger partial charge in [-0.2, -0.15) is 0 Å². The van der Waals surface area contributed by atoms with Gasteiger partial charge < -0.3 is 10.1 Å². The van der Waals surface area contributed by atoms with E-state index in [2.05, 4.69) is 17.1 Å². The topological polar surface area (TPSA) is 41.6 Å². The summed E-state index contributed by atoms with van der Waals surface area (Å²) in [6.07, 6.45) is 0.964. The maximum atomic E-state index is 12.4. The maximum Gasteiger partial charge on any atom is 0.238 e. The van der Waals surface area contributed by atoms with Crippen molar-refractivity contribution in [3.63, 3.8) is 0 Å². The first-order chi connectivity index (χ1) is 11.6. The molecule has 2 aliphatic heterocycles. The molecule has 24 heavy (non-hydrogen) atoms. The molecular weight excluding hydrogens is 324 g/mol. The second-order valence-electron chi connectivity index (χ2n) is 6.28. The van der Waals surface area contributed by atoms with Gasteiger partial charge in [-0.25, -0.2) is 0 Å². The molecule has 0 saturated carbocycles. The van der Waals surface area contributed by atoms with Crippen LogP contribution in [0.4, 0.5) is 5.69 Å². The van der Waals surface area contributed by atoms with Gasteiger partial charge in [-0.05, 0) is 24.6 Å². The maximum absolute atomic E-state index is 12.4. The Morgan fingerprint density at radius 2 is 2.08 bits per heavy atom. The van der Waals surface area contributed by atoms with E-state index in [4.69, 9.17) is 16.3 Å². The van der Waals surface area contributed by atoms with E-state index >= 15 is 0 Å². The number of benzene rings is 2. The number of nitrogens with one attached hydrogen (secondary N) is 1. The highest BCUT2D eigenvalue weighted by Crippen LogP contribution is 2.47. The predicted octanol–water partition coefficient (Wildman–Crippen LogP) is 3.60. The minimum atomic E-state index is -0.790. The lowest BCUT2D eigenvalue weighted by Crippen LogP contribution is -2.44. The Kier molecular flexibility index (Phi) is 3.83. The summed E-state index contributed by atoms with van der Waals surface area (Å²) >= 11 is 6.29. The van der Waals surface area contributed by atoms with Crippen LogP contribution in [0.1, 0.15) is 24.5 Å². The molecule has 2 aromatic carbocycles. The largest absolute Gasteiger partial charge is 0.347 e. The van der Waals surface area contributed by atoms with E-state index in [-0.39, 0.29) is 18.6 Å². The van der Waals surface area contributed by atoms with Crippen LogP contribution in [-0.4, -0.2) is 30.0 Å². The number of hydrogen-bond donors (Lipinski definition) is 1. The van der Waals surface area contributed by atoms with Crippen molar-refractivity contribution in [3.8, 4) is 0 Å². The number of halogens is 1. The summed E-state index contributed by atoms with van der Waals surface area (Å²) in [6.45, 7) is 3.11.